The van der Waals surface area contributed by atoms with Gasteiger partial charge in [-0.1, -0.05) is 18.2 Å². The Morgan fingerprint density at radius 2 is 1.79 bits per heavy atom. The van der Waals surface area contributed by atoms with Crippen molar-refractivity contribution in [2.24, 2.45) is 5.73 Å². The van der Waals surface area contributed by atoms with Crippen LogP contribution in [0, 0.1) is 0 Å². The number of hydrogen-bond acceptors (Lipinski definition) is 6. The molecule has 0 spiro atoms. The van der Waals surface area contributed by atoms with Gasteiger partial charge in [0.05, 0.1) is 7.11 Å². The minimum absolute atomic E-state index is 0.159. The molecule has 0 saturated carbocycles. The van der Waals surface area contributed by atoms with Gasteiger partial charge in [0.2, 0.25) is 5.91 Å². The first-order chi connectivity index (χ1) is 16.0. The predicted octanol–water partition coefficient (Wildman–Crippen LogP) is 1.71. The lowest BCUT2D eigenvalue weighted by atomic mass is 10.0. The maximum absolute atomic E-state index is 13.2. The van der Waals surface area contributed by atoms with Crippen LogP contribution in [0.3, 0.4) is 0 Å². The Bertz CT molecular complexity index is 1010. The summed E-state index contributed by atoms with van der Waals surface area (Å²) < 4.78 is 10.1. The molecule has 0 aliphatic carbocycles. The molecule has 4 amide bonds. The molecule has 0 unspecified atom stereocenters. The van der Waals surface area contributed by atoms with Crippen LogP contribution in [-0.2, 0) is 25.5 Å². The van der Waals surface area contributed by atoms with Gasteiger partial charge in [0.15, 0.2) is 0 Å². The number of carbonyl (C=O) groups is 4. The van der Waals surface area contributed by atoms with Crippen molar-refractivity contribution in [3.8, 4) is 0 Å². The van der Waals surface area contributed by atoms with Gasteiger partial charge < -0.3 is 36.1 Å². The van der Waals surface area contributed by atoms with E-state index in [9.17, 15) is 19.2 Å². The summed E-state index contributed by atoms with van der Waals surface area (Å²) in [5.74, 6) is -1.22. The number of ether oxygens (including phenoxy) is 2. The summed E-state index contributed by atoms with van der Waals surface area (Å²) in [7, 11) is 1.21. The Labute approximate surface area is 198 Å². The second-order valence-corrected chi connectivity index (χ2v) is 8.78. The molecule has 0 saturated heterocycles. The minimum Gasteiger partial charge on any atom is -0.467 e. The zero-order valence-corrected chi connectivity index (χ0v) is 19.9. The fourth-order valence-electron chi connectivity index (χ4n) is 3.36. The lowest BCUT2D eigenvalue weighted by Crippen LogP contribution is -2.53. The standard InChI is InChI=1S/C23H33N5O6/c1-23(2,3)34-22(32)28-18(12-14-13-26-16-9-6-5-8-15(14)16)19(29)27-17(20(30)33-4)10-7-11-25-21(24)31/h5-6,8-9,13,17-18,26H,7,10-12H2,1-4H3,(H,27,29)(H,28,32)(H3,24,25,31)/t17-,18-/m0/s1. The van der Waals surface area contributed by atoms with E-state index in [-0.39, 0.29) is 19.4 Å². The number of esters is 1. The van der Waals surface area contributed by atoms with Crippen molar-refractivity contribution in [2.75, 3.05) is 13.7 Å². The summed E-state index contributed by atoms with van der Waals surface area (Å²) >= 11 is 0. The van der Waals surface area contributed by atoms with Gasteiger partial charge in [-0.2, -0.15) is 0 Å². The molecule has 1 heterocycles. The Morgan fingerprint density at radius 1 is 1.09 bits per heavy atom. The third kappa shape index (κ3) is 8.30. The molecule has 2 rings (SSSR count). The number of para-hydroxylation sites is 1. The number of rotatable bonds is 10. The molecule has 1 aromatic heterocycles. The molecule has 2 atom stereocenters. The van der Waals surface area contributed by atoms with Crippen LogP contribution in [0.15, 0.2) is 30.5 Å². The number of H-pyrrole nitrogens is 1. The number of carbonyl (C=O) groups excluding carboxylic acids is 4. The number of urea groups is 1. The predicted molar refractivity (Wildman–Crippen MR) is 126 cm³/mol. The van der Waals surface area contributed by atoms with E-state index >= 15 is 0 Å². The fourth-order valence-corrected chi connectivity index (χ4v) is 3.36. The number of primary amides is 1. The van der Waals surface area contributed by atoms with Gasteiger partial charge in [0.25, 0.3) is 0 Å². The maximum Gasteiger partial charge on any atom is 0.408 e. The number of nitrogens with one attached hydrogen (secondary N) is 4. The number of amides is 4. The summed E-state index contributed by atoms with van der Waals surface area (Å²) in [6.07, 6.45) is 1.75. The zero-order valence-electron chi connectivity index (χ0n) is 19.9. The molecule has 6 N–H and O–H groups in total. The summed E-state index contributed by atoms with van der Waals surface area (Å²) in [6, 6.07) is 4.90. The summed E-state index contributed by atoms with van der Waals surface area (Å²) in [5.41, 5.74) is 5.99. The molecule has 0 bridgehead atoms. The molecule has 0 aliphatic rings. The number of methoxy groups -OCH3 is 1. The van der Waals surface area contributed by atoms with Crippen molar-refractivity contribution in [1.29, 1.82) is 0 Å². The van der Waals surface area contributed by atoms with Crippen LogP contribution in [0.5, 0.6) is 0 Å². The second kappa shape index (κ2) is 11.9. The van der Waals surface area contributed by atoms with Gasteiger partial charge in [-0.15, -0.1) is 0 Å². The number of hydrogen-bond donors (Lipinski definition) is 5. The van der Waals surface area contributed by atoms with Crippen LogP contribution in [0.1, 0.15) is 39.2 Å². The van der Waals surface area contributed by atoms with E-state index in [1.165, 1.54) is 7.11 Å². The van der Waals surface area contributed by atoms with Crippen molar-refractivity contribution in [1.82, 2.24) is 20.9 Å². The molecule has 0 aliphatic heterocycles. The van der Waals surface area contributed by atoms with Gasteiger partial charge in [0.1, 0.15) is 17.7 Å². The number of nitrogens with two attached hydrogens (primary N) is 1. The molecular weight excluding hydrogens is 442 g/mol. The van der Waals surface area contributed by atoms with E-state index in [0.717, 1.165) is 16.5 Å². The molecular formula is C23H33N5O6. The number of benzene rings is 1. The highest BCUT2D eigenvalue weighted by Crippen LogP contribution is 2.19. The van der Waals surface area contributed by atoms with Crippen molar-refractivity contribution in [3.05, 3.63) is 36.0 Å². The summed E-state index contributed by atoms with van der Waals surface area (Å²) in [4.78, 5) is 51.9. The van der Waals surface area contributed by atoms with E-state index in [0.29, 0.717) is 6.42 Å². The van der Waals surface area contributed by atoms with Gasteiger partial charge in [-0.3, -0.25) is 4.79 Å². The second-order valence-electron chi connectivity index (χ2n) is 8.78. The lowest BCUT2D eigenvalue weighted by Gasteiger charge is -2.25. The van der Waals surface area contributed by atoms with E-state index < -0.39 is 41.7 Å². The SMILES string of the molecule is COC(=O)[C@H](CCCNC(N)=O)NC(=O)[C@H](Cc1c[nH]c2ccccc12)NC(=O)OC(C)(C)C. The van der Waals surface area contributed by atoms with Crippen LogP contribution < -0.4 is 21.7 Å². The van der Waals surface area contributed by atoms with E-state index in [4.69, 9.17) is 15.2 Å². The number of fused-ring (bicyclic) bond motifs is 1. The fraction of sp³-hybridized carbons (Fsp3) is 0.478. The molecule has 0 fully saturated rings. The molecule has 2 aromatic rings. The number of aromatic nitrogens is 1. The molecule has 1 aromatic carbocycles. The smallest absolute Gasteiger partial charge is 0.408 e. The van der Waals surface area contributed by atoms with Gasteiger partial charge >= 0.3 is 18.1 Å². The highest BCUT2D eigenvalue weighted by Gasteiger charge is 2.29. The van der Waals surface area contributed by atoms with Crippen LogP contribution in [0.25, 0.3) is 10.9 Å². The van der Waals surface area contributed by atoms with Crippen LogP contribution >= 0.6 is 0 Å². The minimum atomic E-state index is -1.02. The topological polar surface area (TPSA) is 165 Å². The largest absolute Gasteiger partial charge is 0.467 e. The Hall–Kier alpha value is -3.76. The third-order valence-corrected chi connectivity index (χ3v) is 4.88. The highest BCUT2D eigenvalue weighted by molar-refractivity contribution is 5.91. The van der Waals surface area contributed by atoms with Crippen LogP contribution in [-0.4, -0.2) is 60.3 Å². The molecule has 11 heteroatoms. The van der Waals surface area contributed by atoms with E-state index in [2.05, 4.69) is 20.9 Å². The Morgan fingerprint density at radius 3 is 2.44 bits per heavy atom. The molecule has 34 heavy (non-hydrogen) atoms. The number of aromatic amines is 1. The monoisotopic (exact) mass is 475 g/mol. The van der Waals surface area contributed by atoms with Gasteiger partial charge in [-0.25, -0.2) is 14.4 Å². The quantitative estimate of drug-likeness (QED) is 0.259. The lowest BCUT2D eigenvalue weighted by molar-refractivity contribution is -0.145. The van der Waals surface area contributed by atoms with Crippen LogP contribution in [0.2, 0.25) is 0 Å². The third-order valence-electron chi connectivity index (χ3n) is 4.88. The maximum atomic E-state index is 13.2. The van der Waals surface area contributed by atoms with Gasteiger partial charge in [-0.05, 0) is 45.2 Å². The molecule has 186 valence electrons. The van der Waals surface area contributed by atoms with Crippen molar-refractivity contribution in [2.45, 2.75) is 57.7 Å². The first-order valence-corrected chi connectivity index (χ1v) is 11.0. The Kier molecular flexibility index (Phi) is 9.28. The summed E-state index contributed by atoms with van der Waals surface area (Å²) in [6.45, 7) is 5.38. The zero-order chi connectivity index (χ0) is 25.3. The average molecular weight is 476 g/mol. The van der Waals surface area contributed by atoms with E-state index in [1.54, 1.807) is 27.0 Å². The number of alkyl carbamates (subject to hydrolysis) is 1. The Balaban J connectivity index is 2.19. The van der Waals surface area contributed by atoms with Crippen molar-refractivity contribution >= 4 is 34.9 Å². The highest BCUT2D eigenvalue weighted by atomic mass is 16.6. The van der Waals surface area contributed by atoms with E-state index in [1.807, 2.05) is 24.3 Å². The molecule has 0 radical (unpaired) electrons. The van der Waals surface area contributed by atoms with Crippen molar-refractivity contribution < 1.29 is 28.7 Å². The first-order valence-electron chi connectivity index (χ1n) is 11.0. The van der Waals surface area contributed by atoms with Crippen molar-refractivity contribution in [3.63, 3.8) is 0 Å². The van der Waals surface area contributed by atoms with Gasteiger partial charge in [0, 0.05) is 30.1 Å². The summed E-state index contributed by atoms with van der Waals surface area (Å²) in [5, 5.41) is 8.59. The van der Waals surface area contributed by atoms with Crippen LogP contribution in [0.4, 0.5) is 9.59 Å². The first kappa shape index (κ1) is 26.5. The normalized spacial score (nSPS) is 12.9. The molecule has 11 nitrogen and oxygen atoms in total. The average Bonchev–Trinajstić information content (AvgIpc) is 3.16.